The molecule has 2 aromatic rings. The van der Waals surface area contributed by atoms with Crippen LogP contribution in [0.3, 0.4) is 0 Å². The number of rotatable bonds is 8. The van der Waals surface area contributed by atoms with Gasteiger partial charge in [0.2, 0.25) is 15.9 Å². The van der Waals surface area contributed by atoms with Gasteiger partial charge in [-0.15, -0.1) is 0 Å². The average molecular weight is 560 g/mol. The summed E-state index contributed by atoms with van der Waals surface area (Å²) in [7, 11) is -0.0793. The van der Waals surface area contributed by atoms with Crippen molar-refractivity contribution >= 4 is 32.5 Å². The van der Waals surface area contributed by atoms with Crippen LogP contribution in [0.1, 0.15) is 52.9 Å². The van der Waals surface area contributed by atoms with Gasteiger partial charge in [-0.05, 0) is 37.3 Å². The van der Waals surface area contributed by atoms with Crippen molar-refractivity contribution in [3.05, 3.63) is 35.9 Å². The molecule has 3 aliphatic rings. The monoisotopic (exact) mass is 559 g/mol. The average Bonchev–Trinajstić information content (AvgIpc) is 3.52. The Labute approximate surface area is 230 Å². The van der Waals surface area contributed by atoms with Crippen molar-refractivity contribution in [2.75, 3.05) is 31.8 Å². The highest BCUT2D eigenvalue weighted by atomic mass is 32.2. The smallest absolute Gasteiger partial charge is 0.275 e. The van der Waals surface area contributed by atoms with Crippen molar-refractivity contribution in [2.24, 2.45) is 11.7 Å². The molecule has 1 aliphatic carbocycles. The van der Waals surface area contributed by atoms with Gasteiger partial charge < -0.3 is 25.2 Å². The van der Waals surface area contributed by atoms with Gasteiger partial charge in [-0.25, -0.2) is 12.4 Å². The van der Waals surface area contributed by atoms with Crippen molar-refractivity contribution in [3.8, 4) is 5.75 Å². The number of nitrogens with zero attached hydrogens (tertiary/aromatic N) is 3. The molecule has 5 rings (SSSR count). The van der Waals surface area contributed by atoms with Crippen LogP contribution in [0.15, 0.2) is 35.9 Å². The van der Waals surface area contributed by atoms with Crippen LogP contribution < -0.4 is 26.4 Å². The van der Waals surface area contributed by atoms with Crippen LogP contribution in [-0.4, -0.2) is 72.5 Å². The third-order valence-corrected chi connectivity index (χ3v) is 9.93. The Hall–Kier alpha value is -3.12. The lowest BCUT2D eigenvalue weighted by Crippen LogP contribution is -2.76. The number of hydrogen-bond acceptors (Lipinski definition) is 9. The zero-order valence-corrected chi connectivity index (χ0v) is 24.3. The van der Waals surface area contributed by atoms with E-state index in [9.17, 15) is 13.2 Å². The van der Waals surface area contributed by atoms with Crippen molar-refractivity contribution in [1.82, 2.24) is 24.4 Å². The number of methoxy groups -OCH3 is 1. The number of amides is 1. The maximum Gasteiger partial charge on any atom is 0.275 e. The Balaban J connectivity index is 1.50. The van der Waals surface area contributed by atoms with E-state index >= 15 is 0 Å². The van der Waals surface area contributed by atoms with E-state index in [-0.39, 0.29) is 23.6 Å². The first-order valence-corrected chi connectivity index (χ1v) is 15.4. The quantitative estimate of drug-likeness (QED) is 0.360. The highest BCUT2D eigenvalue weighted by Crippen LogP contribution is 2.37. The summed E-state index contributed by atoms with van der Waals surface area (Å²) in [5.41, 5.74) is 8.41. The van der Waals surface area contributed by atoms with Crippen molar-refractivity contribution in [2.45, 2.75) is 70.9 Å². The predicted octanol–water partition coefficient (Wildman–Crippen LogP) is 2.32. The van der Waals surface area contributed by atoms with Crippen molar-refractivity contribution < 1.29 is 17.9 Å². The predicted molar refractivity (Wildman–Crippen MR) is 152 cm³/mol. The molecule has 0 spiro atoms. The fraction of sp³-hybridized carbons (Fsp3) is 0.593. The number of fused-ring (bicyclic) bond motifs is 1. The molecular weight excluding hydrogens is 518 g/mol. The molecular formula is C27H41N7O4S. The number of aromatic nitrogens is 1. The normalized spacial score (nSPS) is 24.3. The van der Waals surface area contributed by atoms with Crippen LogP contribution in [0.2, 0.25) is 0 Å². The van der Waals surface area contributed by atoms with Gasteiger partial charge in [0.15, 0.2) is 0 Å². The zero-order valence-electron chi connectivity index (χ0n) is 23.5. The third-order valence-electron chi connectivity index (χ3n) is 7.92. The minimum absolute atomic E-state index is 0.0116. The van der Waals surface area contributed by atoms with E-state index in [1.165, 1.54) is 23.9 Å². The third kappa shape index (κ3) is 5.00. The molecule has 0 bridgehead atoms. The van der Waals surface area contributed by atoms with E-state index in [0.29, 0.717) is 34.1 Å². The molecule has 39 heavy (non-hydrogen) atoms. The summed E-state index contributed by atoms with van der Waals surface area (Å²) in [5.74, 6) is -0.596. The summed E-state index contributed by atoms with van der Waals surface area (Å²) in [4.78, 5) is 17.9. The summed E-state index contributed by atoms with van der Waals surface area (Å²) >= 11 is 0. The van der Waals surface area contributed by atoms with E-state index in [0.717, 1.165) is 31.6 Å². The van der Waals surface area contributed by atoms with Gasteiger partial charge in [0.05, 0.1) is 24.1 Å². The second-order valence-corrected chi connectivity index (χ2v) is 13.3. The number of anilines is 1. The van der Waals surface area contributed by atoms with Gasteiger partial charge in [-0.1, -0.05) is 33.6 Å². The molecule has 5 N–H and O–H groups in total. The van der Waals surface area contributed by atoms with Crippen LogP contribution >= 0.6 is 0 Å². The van der Waals surface area contributed by atoms with Crippen molar-refractivity contribution in [3.63, 3.8) is 0 Å². The molecule has 1 saturated carbocycles. The van der Waals surface area contributed by atoms with Gasteiger partial charge in [-0.3, -0.25) is 15.8 Å². The lowest BCUT2D eigenvalue weighted by Gasteiger charge is -2.52. The van der Waals surface area contributed by atoms with E-state index in [1.807, 2.05) is 25.8 Å². The maximum atomic E-state index is 13.5. The zero-order chi connectivity index (χ0) is 28.1. The Morgan fingerprint density at radius 1 is 1.23 bits per heavy atom. The molecule has 214 valence electrons. The molecule has 1 fully saturated rings. The largest absolute Gasteiger partial charge is 0.495 e. The number of ether oxygens (including phenoxy) is 1. The van der Waals surface area contributed by atoms with Crippen LogP contribution in [0, 0.1) is 5.92 Å². The number of nitrogens with one attached hydrogen (secondary N) is 3. The van der Waals surface area contributed by atoms with Gasteiger partial charge in [-0.2, -0.15) is 0 Å². The molecule has 1 amide bonds. The number of hydrogen-bond donors (Lipinski definition) is 4. The molecule has 11 nitrogen and oxygen atoms in total. The number of nitrogens with two attached hydrogens (primary N) is 1. The molecule has 1 aromatic heterocycles. The molecule has 12 heteroatoms. The standard InChI is InChI=1S/C27H41N7O4S/c1-6-19-15-32(4)24-25(34(19)20-9-7-8-10-20)30-27(28,31-26(24)35)29-21-13-18-11-12-33(22(18)14-23(21)38-5)39(36,37)16-17(2)3/h11-14,17,19-20,29-30H,6-10,15-16,28H2,1-5H3,(H,31,35)/t19?,27-/m1/s1. The second kappa shape index (κ2) is 10.1. The van der Waals surface area contributed by atoms with E-state index < -0.39 is 15.9 Å². The fourth-order valence-electron chi connectivity index (χ4n) is 6.25. The minimum Gasteiger partial charge on any atom is -0.495 e. The van der Waals surface area contributed by atoms with Crippen LogP contribution in [0.25, 0.3) is 10.9 Å². The Kier molecular flexibility index (Phi) is 7.13. The van der Waals surface area contributed by atoms with Gasteiger partial charge in [0.1, 0.15) is 17.3 Å². The number of carbonyl (C=O) groups is 1. The molecule has 2 atom stereocenters. The number of likely N-dealkylation sites (N-methyl/N-ethyl adjacent to an activating group) is 1. The van der Waals surface area contributed by atoms with E-state index in [4.69, 9.17) is 10.5 Å². The van der Waals surface area contributed by atoms with Gasteiger partial charge in [0.25, 0.3) is 5.91 Å². The lowest BCUT2D eigenvalue weighted by molar-refractivity contribution is -0.123. The Morgan fingerprint density at radius 2 is 1.95 bits per heavy atom. The topological polar surface area (TPSA) is 134 Å². The van der Waals surface area contributed by atoms with Gasteiger partial charge >= 0.3 is 0 Å². The van der Waals surface area contributed by atoms with Crippen LogP contribution in [0.5, 0.6) is 5.75 Å². The molecule has 0 radical (unpaired) electrons. The fourth-order valence-corrected chi connectivity index (χ4v) is 7.96. The number of carbonyl (C=O) groups excluding carboxylic acids is 1. The Bertz CT molecular complexity index is 1400. The molecule has 0 saturated heterocycles. The highest BCUT2D eigenvalue weighted by Gasteiger charge is 2.46. The SMILES string of the molecule is CCC1CN(C)C2=C(N[C@@](N)(Nc3cc4ccn(S(=O)(=O)CC(C)C)c4cc3OC)NC2=O)N1C1CCCC1. The molecule has 3 heterocycles. The lowest BCUT2D eigenvalue weighted by atomic mass is 10.0. The minimum atomic E-state index is -3.54. The van der Waals surface area contributed by atoms with Crippen LogP contribution in [-0.2, 0) is 14.8 Å². The highest BCUT2D eigenvalue weighted by molar-refractivity contribution is 7.90. The maximum absolute atomic E-state index is 13.5. The number of benzene rings is 1. The van der Waals surface area contributed by atoms with E-state index in [1.54, 1.807) is 24.4 Å². The Morgan fingerprint density at radius 3 is 2.59 bits per heavy atom. The molecule has 2 aliphatic heterocycles. The second-order valence-electron chi connectivity index (χ2n) is 11.4. The molecule has 1 unspecified atom stereocenters. The van der Waals surface area contributed by atoms with E-state index in [2.05, 4.69) is 27.8 Å². The van der Waals surface area contributed by atoms with Crippen LogP contribution in [0.4, 0.5) is 5.69 Å². The first-order chi connectivity index (χ1) is 18.5. The summed E-state index contributed by atoms with van der Waals surface area (Å²) in [6.45, 7) is 6.70. The summed E-state index contributed by atoms with van der Waals surface area (Å²) in [6.07, 6.45) is 7.05. The summed E-state index contributed by atoms with van der Waals surface area (Å²) in [6, 6.07) is 5.84. The summed E-state index contributed by atoms with van der Waals surface area (Å²) in [5, 5.41) is 10.3. The first kappa shape index (κ1) is 27.4. The van der Waals surface area contributed by atoms with Crippen molar-refractivity contribution in [1.29, 1.82) is 0 Å². The molecule has 1 aromatic carbocycles. The van der Waals surface area contributed by atoms with Gasteiger partial charge in [0, 0.05) is 43.3 Å². The summed E-state index contributed by atoms with van der Waals surface area (Å²) < 4.78 is 32.9. The first-order valence-electron chi connectivity index (χ1n) is 13.8.